The zero-order chi connectivity index (χ0) is 23.5. The van der Waals surface area contributed by atoms with Crippen molar-refractivity contribution in [2.24, 2.45) is 5.92 Å². The second-order valence-electron chi connectivity index (χ2n) is 7.61. The van der Waals surface area contributed by atoms with Gasteiger partial charge >= 0.3 is 0 Å². The maximum atomic E-state index is 12.8. The molecule has 9 nitrogen and oxygen atoms in total. The molecule has 1 saturated heterocycles. The van der Waals surface area contributed by atoms with Crippen LogP contribution in [0.3, 0.4) is 0 Å². The highest BCUT2D eigenvalue weighted by Crippen LogP contribution is 2.25. The number of amides is 3. The Morgan fingerprint density at radius 3 is 2.55 bits per heavy atom. The lowest BCUT2D eigenvalue weighted by Gasteiger charge is -2.32. The number of hydrazine groups is 1. The standard InChI is InChI=1S/C22H19Cl2N5O4/c23-16-8-7-12(10-17(16)24)22(33)29-9-3-4-13(11-29)19(30)26-28-21(32)18-14-5-1-2-6-15(14)20(31)27-25-18/h1-2,5-8,10,13H,3-4,9,11H2,(H,26,30)(H,27,31)(H,28,32). The number of carbonyl (C=O) groups is 3. The molecule has 1 unspecified atom stereocenters. The highest BCUT2D eigenvalue weighted by molar-refractivity contribution is 6.42. The molecule has 1 aliphatic rings. The number of carbonyl (C=O) groups excluding carboxylic acids is 3. The van der Waals surface area contributed by atoms with Crippen LogP contribution in [0, 0.1) is 5.92 Å². The van der Waals surface area contributed by atoms with Gasteiger partial charge in [0.2, 0.25) is 5.91 Å². The molecule has 0 spiro atoms. The topological polar surface area (TPSA) is 124 Å². The molecule has 0 saturated carbocycles. The number of hydrogen-bond donors (Lipinski definition) is 3. The van der Waals surface area contributed by atoms with E-state index in [9.17, 15) is 19.2 Å². The minimum absolute atomic E-state index is 0.0226. The number of benzene rings is 2. The van der Waals surface area contributed by atoms with E-state index >= 15 is 0 Å². The minimum Gasteiger partial charge on any atom is -0.338 e. The van der Waals surface area contributed by atoms with E-state index in [0.29, 0.717) is 40.7 Å². The fourth-order valence-corrected chi connectivity index (χ4v) is 4.05. The molecule has 0 aliphatic carbocycles. The van der Waals surface area contributed by atoms with Crippen molar-refractivity contribution in [2.45, 2.75) is 12.8 Å². The number of likely N-dealkylation sites (tertiary alicyclic amines) is 1. The number of nitrogens with zero attached hydrogens (tertiary/aromatic N) is 2. The summed E-state index contributed by atoms with van der Waals surface area (Å²) in [5, 5.41) is 7.39. The molecular formula is C22H19Cl2N5O4. The predicted octanol–water partition coefficient (Wildman–Crippen LogP) is 2.54. The van der Waals surface area contributed by atoms with Gasteiger partial charge in [0.1, 0.15) is 0 Å². The van der Waals surface area contributed by atoms with Crippen molar-refractivity contribution in [3.8, 4) is 0 Å². The average molecular weight is 488 g/mol. The van der Waals surface area contributed by atoms with Crippen molar-refractivity contribution in [1.29, 1.82) is 0 Å². The molecule has 2 aromatic carbocycles. The van der Waals surface area contributed by atoms with Crippen molar-refractivity contribution in [2.75, 3.05) is 13.1 Å². The number of hydrogen-bond acceptors (Lipinski definition) is 5. The SMILES string of the molecule is O=C(NNC(=O)C1CCCN(C(=O)c2ccc(Cl)c(Cl)c2)C1)c1n[nH]c(=O)c2ccccc12. The quantitative estimate of drug-likeness (QED) is 0.489. The number of fused-ring (bicyclic) bond motifs is 1. The van der Waals surface area contributed by atoms with E-state index in [0.717, 1.165) is 0 Å². The zero-order valence-electron chi connectivity index (χ0n) is 17.2. The number of aromatic nitrogens is 2. The van der Waals surface area contributed by atoms with Crippen LogP contribution in [0.1, 0.15) is 33.7 Å². The summed E-state index contributed by atoms with van der Waals surface area (Å²) in [7, 11) is 0. The Kier molecular flexibility index (Phi) is 6.62. The number of halogens is 2. The molecule has 0 radical (unpaired) electrons. The summed E-state index contributed by atoms with van der Waals surface area (Å²) in [6.45, 7) is 0.698. The molecule has 1 aliphatic heterocycles. The van der Waals surface area contributed by atoms with Gasteiger partial charge in [0.05, 0.1) is 21.3 Å². The summed E-state index contributed by atoms with van der Waals surface area (Å²) in [6, 6.07) is 11.2. The van der Waals surface area contributed by atoms with Gasteiger partial charge in [-0.25, -0.2) is 5.10 Å². The van der Waals surface area contributed by atoms with Crippen molar-refractivity contribution >= 4 is 51.7 Å². The smallest absolute Gasteiger partial charge is 0.290 e. The van der Waals surface area contributed by atoms with E-state index in [1.54, 1.807) is 41.3 Å². The van der Waals surface area contributed by atoms with E-state index in [1.165, 1.54) is 6.07 Å². The summed E-state index contributed by atoms with van der Waals surface area (Å²) in [4.78, 5) is 51.5. The number of aromatic amines is 1. The van der Waals surface area contributed by atoms with Crippen LogP contribution in [0.25, 0.3) is 10.8 Å². The maximum absolute atomic E-state index is 12.8. The van der Waals surface area contributed by atoms with Gasteiger partial charge in [-0.2, -0.15) is 5.10 Å². The van der Waals surface area contributed by atoms with Crippen LogP contribution < -0.4 is 16.4 Å². The van der Waals surface area contributed by atoms with Gasteiger partial charge in [0.15, 0.2) is 5.69 Å². The molecule has 4 rings (SSSR count). The van der Waals surface area contributed by atoms with Gasteiger partial charge < -0.3 is 4.90 Å². The minimum atomic E-state index is -0.671. The number of rotatable bonds is 3. The molecule has 1 aromatic heterocycles. The Labute approximate surface area is 198 Å². The first kappa shape index (κ1) is 22.8. The Morgan fingerprint density at radius 2 is 1.79 bits per heavy atom. The summed E-state index contributed by atoms with van der Waals surface area (Å²) in [6.07, 6.45) is 1.19. The predicted molar refractivity (Wildman–Crippen MR) is 123 cm³/mol. The van der Waals surface area contributed by atoms with Crippen LogP contribution in [0.2, 0.25) is 10.0 Å². The largest absolute Gasteiger partial charge is 0.338 e. The summed E-state index contributed by atoms with van der Waals surface area (Å²) < 4.78 is 0. The van der Waals surface area contributed by atoms with Gasteiger partial charge in [-0.3, -0.25) is 30.0 Å². The molecule has 170 valence electrons. The van der Waals surface area contributed by atoms with Crippen LogP contribution in [-0.2, 0) is 4.79 Å². The van der Waals surface area contributed by atoms with Gasteiger partial charge in [0.25, 0.3) is 17.4 Å². The number of piperidine rings is 1. The normalized spacial score (nSPS) is 15.8. The van der Waals surface area contributed by atoms with E-state index in [2.05, 4.69) is 21.0 Å². The summed E-state index contributed by atoms with van der Waals surface area (Å²) >= 11 is 11.9. The van der Waals surface area contributed by atoms with Crippen molar-refractivity contribution in [3.05, 3.63) is 74.1 Å². The third kappa shape index (κ3) is 4.84. The summed E-state index contributed by atoms with van der Waals surface area (Å²) in [5.74, 6) is -1.86. The Hall–Kier alpha value is -3.43. The first-order chi connectivity index (χ1) is 15.8. The van der Waals surface area contributed by atoms with E-state index in [-0.39, 0.29) is 23.2 Å². The third-order valence-corrected chi connectivity index (χ3v) is 6.20. The second-order valence-corrected chi connectivity index (χ2v) is 8.42. The zero-order valence-corrected chi connectivity index (χ0v) is 18.7. The Balaban J connectivity index is 1.40. The number of H-pyrrole nitrogens is 1. The highest BCUT2D eigenvalue weighted by atomic mass is 35.5. The van der Waals surface area contributed by atoms with Gasteiger partial charge in [-0.05, 0) is 37.1 Å². The second kappa shape index (κ2) is 9.60. The lowest BCUT2D eigenvalue weighted by atomic mass is 9.96. The van der Waals surface area contributed by atoms with E-state index in [1.807, 2.05) is 0 Å². The van der Waals surface area contributed by atoms with Crippen LogP contribution in [-0.4, -0.2) is 45.9 Å². The van der Waals surface area contributed by atoms with Crippen molar-refractivity contribution in [1.82, 2.24) is 25.9 Å². The lowest BCUT2D eigenvalue weighted by molar-refractivity contribution is -0.127. The number of nitrogens with one attached hydrogen (secondary N) is 3. The van der Waals surface area contributed by atoms with Crippen LogP contribution in [0.4, 0.5) is 0 Å². The Morgan fingerprint density at radius 1 is 1.03 bits per heavy atom. The summed E-state index contributed by atoms with van der Waals surface area (Å²) in [5.41, 5.74) is 4.68. The molecule has 3 amide bonds. The molecule has 1 fully saturated rings. The fourth-order valence-electron chi connectivity index (χ4n) is 3.75. The molecule has 11 heteroatoms. The highest BCUT2D eigenvalue weighted by Gasteiger charge is 2.29. The van der Waals surface area contributed by atoms with E-state index in [4.69, 9.17) is 23.2 Å². The van der Waals surface area contributed by atoms with Crippen molar-refractivity contribution in [3.63, 3.8) is 0 Å². The maximum Gasteiger partial charge on any atom is 0.290 e. The lowest BCUT2D eigenvalue weighted by Crippen LogP contribution is -2.50. The first-order valence-electron chi connectivity index (χ1n) is 10.2. The molecule has 3 N–H and O–H groups in total. The fraction of sp³-hybridized carbons (Fsp3) is 0.227. The van der Waals surface area contributed by atoms with Crippen molar-refractivity contribution < 1.29 is 14.4 Å². The molecule has 3 aromatic rings. The molecule has 0 bridgehead atoms. The van der Waals surface area contributed by atoms with Crippen LogP contribution >= 0.6 is 23.2 Å². The molecule has 33 heavy (non-hydrogen) atoms. The molecule has 2 heterocycles. The van der Waals surface area contributed by atoms with Gasteiger partial charge in [0, 0.05) is 24.0 Å². The van der Waals surface area contributed by atoms with Crippen LogP contribution in [0.15, 0.2) is 47.3 Å². The molecule has 1 atom stereocenters. The first-order valence-corrected chi connectivity index (χ1v) is 10.9. The van der Waals surface area contributed by atoms with Crippen LogP contribution in [0.5, 0.6) is 0 Å². The monoisotopic (exact) mass is 487 g/mol. The Bertz CT molecular complexity index is 1310. The average Bonchev–Trinajstić information content (AvgIpc) is 2.84. The van der Waals surface area contributed by atoms with Gasteiger partial charge in [-0.15, -0.1) is 0 Å². The van der Waals surface area contributed by atoms with E-state index < -0.39 is 23.3 Å². The molecular weight excluding hydrogens is 469 g/mol. The van der Waals surface area contributed by atoms with Gasteiger partial charge in [-0.1, -0.05) is 41.4 Å². The third-order valence-electron chi connectivity index (χ3n) is 5.46.